The molecule has 1 aliphatic heterocycles. The number of anilines is 1. The van der Waals surface area contributed by atoms with Gasteiger partial charge in [-0.1, -0.05) is 0 Å². The van der Waals surface area contributed by atoms with Crippen molar-refractivity contribution in [3.63, 3.8) is 0 Å². The SMILES string of the molecule is CO[C@H]1CCCN(c2nc(C(=O)O)cs2)C1. The van der Waals surface area contributed by atoms with E-state index in [1.54, 1.807) is 12.5 Å². The van der Waals surface area contributed by atoms with Crippen LogP contribution in [-0.2, 0) is 4.74 Å². The minimum atomic E-state index is -0.970. The summed E-state index contributed by atoms with van der Waals surface area (Å²) in [5, 5.41) is 11.2. The summed E-state index contributed by atoms with van der Waals surface area (Å²) in [5.74, 6) is -0.970. The molecule has 1 atom stereocenters. The topological polar surface area (TPSA) is 62.7 Å². The molecule has 1 aromatic heterocycles. The lowest BCUT2D eigenvalue weighted by molar-refractivity contribution is 0.0691. The standard InChI is InChI=1S/C10H14N2O3S/c1-15-7-3-2-4-12(5-7)10-11-8(6-16-10)9(13)14/h6-7H,2-5H2,1H3,(H,13,14)/t7-/m0/s1. The van der Waals surface area contributed by atoms with Crippen LogP contribution in [0.4, 0.5) is 5.13 Å². The molecular formula is C10H14N2O3S. The number of carbonyl (C=O) groups is 1. The zero-order valence-corrected chi connectivity index (χ0v) is 9.87. The smallest absolute Gasteiger partial charge is 0.355 e. The van der Waals surface area contributed by atoms with Gasteiger partial charge in [0, 0.05) is 25.6 Å². The Morgan fingerprint density at radius 2 is 2.56 bits per heavy atom. The van der Waals surface area contributed by atoms with E-state index in [1.165, 1.54) is 11.3 Å². The molecule has 1 aromatic rings. The van der Waals surface area contributed by atoms with E-state index in [0.29, 0.717) is 0 Å². The molecule has 0 saturated carbocycles. The van der Waals surface area contributed by atoms with Gasteiger partial charge in [0.15, 0.2) is 10.8 Å². The molecule has 0 radical (unpaired) electrons. The fourth-order valence-corrected chi connectivity index (χ4v) is 2.65. The number of hydrogen-bond donors (Lipinski definition) is 1. The van der Waals surface area contributed by atoms with Gasteiger partial charge in [0.25, 0.3) is 0 Å². The first-order valence-corrected chi connectivity index (χ1v) is 6.05. The first kappa shape index (κ1) is 11.3. The molecule has 0 spiro atoms. The largest absolute Gasteiger partial charge is 0.476 e. The maximum absolute atomic E-state index is 10.7. The van der Waals surface area contributed by atoms with Crippen LogP contribution < -0.4 is 4.90 Å². The second kappa shape index (κ2) is 4.80. The van der Waals surface area contributed by atoms with Gasteiger partial charge in [-0.15, -0.1) is 11.3 Å². The van der Waals surface area contributed by atoms with E-state index in [0.717, 1.165) is 31.1 Å². The molecule has 2 rings (SSSR count). The number of ether oxygens (including phenoxy) is 1. The van der Waals surface area contributed by atoms with E-state index >= 15 is 0 Å². The normalized spacial score (nSPS) is 21.1. The Bertz CT molecular complexity index is 380. The summed E-state index contributed by atoms with van der Waals surface area (Å²) in [7, 11) is 1.71. The summed E-state index contributed by atoms with van der Waals surface area (Å²) in [5.41, 5.74) is 0.125. The highest BCUT2D eigenvalue weighted by Crippen LogP contribution is 2.24. The fraction of sp³-hybridized carbons (Fsp3) is 0.600. The van der Waals surface area contributed by atoms with Gasteiger partial charge in [-0.2, -0.15) is 0 Å². The van der Waals surface area contributed by atoms with Crippen molar-refractivity contribution in [1.29, 1.82) is 0 Å². The zero-order chi connectivity index (χ0) is 11.5. The quantitative estimate of drug-likeness (QED) is 0.869. The van der Waals surface area contributed by atoms with Crippen LogP contribution in [0.5, 0.6) is 0 Å². The third kappa shape index (κ3) is 2.33. The van der Waals surface area contributed by atoms with E-state index in [1.807, 2.05) is 0 Å². The third-order valence-electron chi connectivity index (χ3n) is 2.69. The van der Waals surface area contributed by atoms with Gasteiger partial charge in [-0.3, -0.25) is 0 Å². The van der Waals surface area contributed by atoms with Crippen molar-refractivity contribution >= 4 is 22.4 Å². The van der Waals surface area contributed by atoms with Crippen LogP contribution in [0.25, 0.3) is 0 Å². The van der Waals surface area contributed by atoms with E-state index in [-0.39, 0.29) is 11.8 Å². The first-order valence-electron chi connectivity index (χ1n) is 5.17. The lowest BCUT2D eigenvalue weighted by atomic mass is 10.1. The van der Waals surface area contributed by atoms with Crippen molar-refractivity contribution < 1.29 is 14.6 Å². The van der Waals surface area contributed by atoms with Crippen LogP contribution in [0.3, 0.4) is 0 Å². The molecule has 0 amide bonds. The first-order chi connectivity index (χ1) is 7.70. The number of carboxylic acid groups (broad SMARTS) is 1. The minimum absolute atomic E-state index is 0.125. The molecule has 0 aromatic carbocycles. The summed E-state index contributed by atoms with van der Waals surface area (Å²) in [6.45, 7) is 1.72. The molecule has 88 valence electrons. The summed E-state index contributed by atoms with van der Waals surface area (Å²) in [6, 6.07) is 0. The number of aromatic carboxylic acids is 1. The molecule has 1 saturated heterocycles. The van der Waals surface area contributed by atoms with Gasteiger partial charge < -0.3 is 14.7 Å². The maximum Gasteiger partial charge on any atom is 0.355 e. The highest BCUT2D eigenvalue weighted by molar-refractivity contribution is 7.13. The van der Waals surface area contributed by atoms with Gasteiger partial charge in [-0.05, 0) is 12.8 Å². The van der Waals surface area contributed by atoms with Crippen molar-refractivity contribution in [2.75, 3.05) is 25.1 Å². The Hall–Kier alpha value is -1.14. The minimum Gasteiger partial charge on any atom is -0.476 e. The number of nitrogens with zero attached hydrogens (tertiary/aromatic N) is 2. The molecule has 1 fully saturated rings. The van der Waals surface area contributed by atoms with Crippen LogP contribution in [0, 0.1) is 0 Å². The number of hydrogen-bond acceptors (Lipinski definition) is 5. The maximum atomic E-state index is 10.7. The van der Waals surface area contributed by atoms with Crippen molar-refractivity contribution in [3.05, 3.63) is 11.1 Å². The monoisotopic (exact) mass is 242 g/mol. The molecular weight excluding hydrogens is 228 g/mol. The Morgan fingerprint density at radius 1 is 1.75 bits per heavy atom. The average Bonchev–Trinajstić information content (AvgIpc) is 2.78. The number of thiazole rings is 1. The predicted molar refractivity (Wildman–Crippen MR) is 61.3 cm³/mol. The molecule has 6 heteroatoms. The van der Waals surface area contributed by atoms with Crippen LogP contribution in [0.2, 0.25) is 0 Å². The van der Waals surface area contributed by atoms with E-state index in [2.05, 4.69) is 9.88 Å². The Balaban J connectivity index is 2.08. The summed E-state index contributed by atoms with van der Waals surface area (Å²) in [4.78, 5) is 16.9. The number of methoxy groups -OCH3 is 1. The Morgan fingerprint density at radius 3 is 3.19 bits per heavy atom. The number of rotatable bonds is 3. The van der Waals surface area contributed by atoms with Gasteiger partial charge in [0.05, 0.1) is 6.10 Å². The molecule has 0 aliphatic carbocycles. The fourth-order valence-electron chi connectivity index (χ4n) is 1.81. The van der Waals surface area contributed by atoms with E-state index in [4.69, 9.17) is 9.84 Å². The Kier molecular flexibility index (Phi) is 3.40. The molecule has 0 unspecified atom stereocenters. The van der Waals surface area contributed by atoms with Crippen molar-refractivity contribution in [3.8, 4) is 0 Å². The molecule has 2 heterocycles. The van der Waals surface area contributed by atoms with E-state index in [9.17, 15) is 4.79 Å². The number of carboxylic acids is 1. The third-order valence-corrected chi connectivity index (χ3v) is 3.59. The molecule has 1 aliphatic rings. The summed E-state index contributed by atoms with van der Waals surface area (Å²) < 4.78 is 5.32. The van der Waals surface area contributed by atoms with Crippen LogP contribution in [0.1, 0.15) is 23.3 Å². The predicted octanol–water partition coefficient (Wildman–Crippen LogP) is 1.46. The zero-order valence-electron chi connectivity index (χ0n) is 9.05. The highest BCUT2D eigenvalue weighted by atomic mass is 32.1. The van der Waals surface area contributed by atoms with Crippen molar-refractivity contribution in [2.45, 2.75) is 18.9 Å². The van der Waals surface area contributed by atoms with Crippen LogP contribution in [-0.4, -0.2) is 42.4 Å². The molecule has 0 bridgehead atoms. The second-order valence-corrected chi connectivity index (χ2v) is 4.60. The van der Waals surface area contributed by atoms with Gasteiger partial charge in [-0.25, -0.2) is 9.78 Å². The van der Waals surface area contributed by atoms with Gasteiger partial charge >= 0.3 is 5.97 Å². The molecule has 16 heavy (non-hydrogen) atoms. The highest BCUT2D eigenvalue weighted by Gasteiger charge is 2.22. The lowest BCUT2D eigenvalue weighted by Gasteiger charge is -2.31. The number of piperidine rings is 1. The summed E-state index contributed by atoms with van der Waals surface area (Å²) in [6.07, 6.45) is 2.34. The lowest BCUT2D eigenvalue weighted by Crippen LogP contribution is -2.39. The molecule has 5 nitrogen and oxygen atoms in total. The number of aromatic nitrogens is 1. The average molecular weight is 242 g/mol. The molecule has 1 N–H and O–H groups in total. The van der Waals surface area contributed by atoms with Gasteiger partial charge in [0.1, 0.15) is 0 Å². The van der Waals surface area contributed by atoms with E-state index < -0.39 is 5.97 Å². The second-order valence-electron chi connectivity index (χ2n) is 3.77. The summed E-state index contributed by atoms with van der Waals surface area (Å²) >= 11 is 1.38. The van der Waals surface area contributed by atoms with Gasteiger partial charge in [0.2, 0.25) is 0 Å². The van der Waals surface area contributed by atoms with Crippen LogP contribution >= 0.6 is 11.3 Å². The Labute approximate surface area is 97.7 Å². The van der Waals surface area contributed by atoms with Crippen molar-refractivity contribution in [2.24, 2.45) is 0 Å². The van der Waals surface area contributed by atoms with Crippen LogP contribution in [0.15, 0.2) is 5.38 Å². The van der Waals surface area contributed by atoms with Crippen molar-refractivity contribution in [1.82, 2.24) is 4.98 Å².